The third-order valence-corrected chi connectivity index (χ3v) is 2.35. The maximum atomic E-state index is 11.1. The largest absolute Gasteiger partial charge is 0.460 e. The molecule has 8 nitrogen and oxygen atoms in total. The lowest BCUT2D eigenvalue weighted by Gasteiger charge is -2.21. The SMILES string of the molecule is C=C(C)C(=O)OCC(O)CN(O)CC(O)COC(=O)C(=C)C. The van der Waals surface area contributed by atoms with Crippen molar-refractivity contribution in [1.82, 2.24) is 5.06 Å². The van der Waals surface area contributed by atoms with Gasteiger partial charge in [0.25, 0.3) is 0 Å². The van der Waals surface area contributed by atoms with E-state index in [9.17, 15) is 25.0 Å². The molecule has 0 fully saturated rings. The van der Waals surface area contributed by atoms with E-state index in [1.807, 2.05) is 0 Å². The topological polar surface area (TPSA) is 117 Å². The Bertz CT molecular complexity index is 383. The third kappa shape index (κ3) is 9.24. The lowest BCUT2D eigenvalue weighted by atomic mass is 10.3. The molecule has 22 heavy (non-hydrogen) atoms. The van der Waals surface area contributed by atoms with E-state index in [-0.39, 0.29) is 37.4 Å². The molecular weight excluding hydrogens is 294 g/mol. The summed E-state index contributed by atoms with van der Waals surface area (Å²) < 4.78 is 9.42. The molecule has 0 aliphatic heterocycles. The summed E-state index contributed by atoms with van der Waals surface area (Å²) in [5.41, 5.74) is 0.394. The molecule has 0 radical (unpaired) electrons. The molecule has 0 aliphatic rings. The fourth-order valence-electron chi connectivity index (χ4n) is 1.26. The number of carbonyl (C=O) groups excluding carboxylic acids is 2. The summed E-state index contributed by atoms with van der Waals surface area (Å²) >= 11 is 0. The van der Waals surface area contributed by atoms with E-state index in [2.05, 4.69) is 13.2 Å². The Hall–Kier alpha value is -1.74. The van der Waals surface area contributed by atoms with Gasteiger partial charge < -0.3 is 24.9 Å². The van der Waals surface area contributed by atoms with E-state index in [0.717, 1.165) is 0 Å². The zero-order valence-corrected chi connectivity index (χ0v) is 12.8. The first kappa shape index (κ1) is 20.3. The monoisotopic (exact) mass is 317 g/mol. The lowest BCUT2D eigenvalue weighted by Crippen LogP contribution is -2.39. The second kappa shape index (κ2) is 10.1. The molecule has 2 unspecified atom stereocenters. The van der Waals surface area contributed by atoms with Crippen LogP contribution < -0.4 is 0 Å². The zero-order chi connectivity index (χ0) is 17.3. The van der Waals surface area contributed by atoms with Gasteiger partial charge in [-0.25, -0.2) is 9.59 Å². The van der Waals surface area contributed by atoms with Crippen LogP contribution in [0, 0.1) is 0 Å². The van der Waals surface area contributed by atoms with E-state index in [1.165, 1.54) is 13.8 Å². The van der Waals surface area contributed by atoms with Gasteiger partial charge in [0, 0.05) is 11.1 Å². The molecule has 0 saturated carbocycles. The highest BCUT2D eigenvalue weighted by molar-refractivity contribution is 5.87. The van der Waals surface area contributed by atoms with Crippen molar-refractivity contribution < 1.29 is 34.5 Å². The van der Waals surface area contributed by atoms with Crippen molar-refractivity contribution in [3.63, 3.8) is 0 Å². The second-order valence-electron chi connectivity index (χ2n) is 4.94. The molecule has 8 heteroatoms. The predicted molar refractivity (Wildman–Crippen MR) is 76.9 cm³/mol. The Morgan fingerprint density at radius 3 is 1.55 bits per heavy atom. The zero-order valence-electron chi connectivity index (χ0n) is 12.8. The molecule has 0 aromatic carbocycles. The number of hydrogen-bond donors (Lipinski definition) is 3. The van der Waals surface area contributed by atoms with Crippen molar-refractivity contribution in [2.24, 2.45) is 0 Å². The highest BCUT2D eigenvalue weighted by Gasteiger charge is 2.17. The smallest absolute Gasteiger partial charge is 0.333 e. The van der Waals surface area contributed by atoms with E-state index in [1.54, 1.807) is 0 Å². The molecule has 0 bridgehead atoms. The van der Waals surface area contributed by atoms with Crippen LogP contribution in [0.2, 0.25) is 0 Å². The Morgan fingerprint density at radius 1 is 0.955 bits per heavy atom. The number of hydroxylamine groups is 2. The van der Waals surface area contributed by atoms with E-state index < -0.39 is 24.1 Å². The molecule has 126 valence electrons. The Morgan fingerprint density at radius 2 is 1.27 bits per heavy atom. The minimum atomic E-state index is -1.14. The van der Waals surface area contributed by atoms with Gasteiger partial charge in [-0.2, -0.15) is 5.06 Å². The van der Waals surface area contributed by atoms with Crippen LogP contribution in [0.4, 0.5) is 0 Å². The van der Waals surface area contributed by atoms with Crippen molar-refractivity contribution in [2.45, 2.75) is 26.1 Å². The van der Waals surface area contributed by atoms with E-state index in [0.29, 0.717) is 5.06 Å². The van der Waals surface area contributed by atoms with Crippen LogP contribution in [0.25, 0.3) is 0 Å². The van der Waals surface area contributed by atoms with Crippen LogP contribution in [0.5, 0.6) is 0 Å². The lowest BCUT2D eigenvalue weighted by molar-refractivity contribution is -0.158. The summed E-state index contributed by atoms with van der Waals surface area (Å²) in [7, 11) is 0. The number of carbonyl (C=O) groups is 2. The van der Waals surface area contributed by atoms with Gasteiger partial charge in [0.05, 0.1) is 13.1 Å². The number of rotatable bonds is 10. The normalized spacial score (nSPS) is 13.4. The highest BCUT2D eigenvalue weighted by atomic mass is 16.6. The van der Waals surface area contributed by atoms with Crippen molar-refractivity contribution in [3.05, 3.63) is 24.3 Å². The van der Waals surface area contributed by atoms with Crippen LogP contribution in [0.3, 0.4) is 0 Å². The number of aliphatic hydroxyl groups excluding tert-OH is 2. The molecule has 3 N–H and O–H groups in total. The minimum Gasteiger partial charge on any atom is -0.460 e. The molecule has 0 saturated heterocycles. The molecule has 2 atom stereocenters. The number of nitrogens with zero attached hydrogens (tertiary/aromatic N) is 1. The van der Waals surface area contributed by atoms with Crippen LogP contribution >= 0.6 is 0 Å². The van der Waals surface area contributed by atoms with Crippen LogP contribution in [-0.4, -0.2) is 70.9 Å². The molecule has 0 spiro atoms. The quantitative estimate of drug-likeness (QED) is 0.284. The van der Waals surface area contributed by atoms with E-state index in [4.69, 9.17) is 9.47 Å². The van der Waals surface area contributed by atoms with Crippen LogP contribution in [-0.2, 0) is 19.1 Å². The number of esters is 2. The predicted octanol–water partition coefficient (Wildman–Crippen LogP) is -0.362. The van der Waals surface area contributed by atoms with Gasteiger partial charge in [0.2, 0.25) is 0 Å². The average Bonchev–Trinajstić information content (AvgIpc) is 2.41. The van der Waals surface area contributed by atoms with Gasteiger partial charge in [0.1, 0.15) is 25.4 Å². The minimum absolute atomic E-state index is 0.197. The summed E-state index contributed by atoms with van der Waals surface area (Å²) in [5, 5.41) is 29.3. The van der Waals surface area contributed by atoms with Crippen molar-refractivity contribution in [3.8, 4) is 0 Å². The van der Waals surface area contributed by atoms with Gasteiger partial charge in [-0.3, -0.25) is 0 Å². The average molecular weight is 317 g/mol. The Balaban J connectivity index is 3.98. The van der Waals surface area contributed by atoms with Crippen LogP contribution in [0.15, 0.2) is 24.3 Å². The molecule has 0 heterocycles. The molecule has 0 rings (SSSR count). The third-order valence-electron chi connectivity index (χ3n) is 2.35. The first-order chi connectivity index (χ1) is 10.1. The molecule has 0 aromatic rings. The maximum absolute atomic E-state index is 11.1. The standard InChI is InChI=1S/C14H23NO7/c1-9(2)13(18)21-7-11(16)5-15(20)6-12(17)8-22-14(19)10(3)4/h11-12,16-17,20H,1,3,5-8H2,2,4H3. The fourth-order valence-corrected chi connectivity index (χ4v) is 1.26. The van der Waals surface area contributed by atoms with Crippen molar-refractivity contribution >= 4 is 11.9 Å². The number of ether oxygens (including phenoxy) is 2. The van der Waals surface area contributed by atoms with Gasteiger partial charge in [-0.15, -0.1) is 0 Å². The Labute approximate surface area is 129 Å². The molecular formula is C14H23NO7. The summed E-state index contributed by atoms with van der Waals surface area (Å²) in [4.78, 5) is 22.2. The molecule has 0 aromatic heterocycles. The Kier molecular flexibility index (Phi) is 9.27. The van der Waals surface area contributed by atoms with Gasteiger partial charge in [0.15, 0.2) is 0 Å². The number of hydrogen-bond acceptors (Lipinski definition) is 8. The van der Waals surface area contributed by atoms with Crippen molar-refractivity contribution in [1.29, 1.82) is 0 Å². The summed E-state index contributed by atoms with van der Waals surface area (Å²) in [6, 6.07) is 0. The van der Waals surface area contributed by atoms with Crippen LogP contribution in [0.1, 0.15) is 13.8 Å². The maximum Gasteiger partial charge on any atom is 0.333 e. The van der Waals surface area contributed by atoms with Gasteiger partial charge in [-0.1, -0.05) is 13.2 Å². The van der Waals surface area contributed by atoms with Gasteiger partial charge in [-0.05, 0) is 13.8 Å². The van der Waals surface area contributed by atoms with E-state index >= 15 is 0 Å². The second-order valence-corrected chi connectivity index (χ2v) is 4.94. The summed E-state index contributed by atoms with van der Waals surface area (Å²) in [5.74, 6) is -1.29. The molecule has 0 aliphatic carbocycles. The summed E-state index contributed by atoms with van der Waals surface area (Å²) in [6.45, 7) is 8.56. The first-order valence-electron chi connectivity index (χ1n) is 6.58. The van der Waals surface area contributed by atoms with Gasteiger partial charge >= 0.3 is 11.9 Å². The summed E-state index contributed by atoms with van der Waals surface area (Å²) in [6.07, 6.45) is -2.28. The molecule has 0 amide bonds. The number of aliphatic hydroxyl groups is 2. The highest BCUT2D eigenvalue weighted by Crippen LogP contribution is 1.99. The first-order valence-corrected chi connectivity index (χ1v) is 6.58. The fraction of sp³-hybridized carbons (Fsp3) is 0.571. The van der Waals surface area contributed by atoms with Crippen molar-refractivity contribution in [2.75, 3.05) is 26.3 Å².